The molecule has 0 saturated carbocycles. The van der Waals surface area contributed by atoms with Gasteiger partial charge in [0.15, 0.2) is 0 Å². The molecule has 1 saturated heterocycles. The van der Waals surface area contributed by atoms with E-state index in [0.717, 1.165) is 0 Å². The van der Waals surface area contributed by atoms with Gasteiger partial charge in [0.05, 0.1) is 6.10 Å². The lowest BCUT2D eigenvalue weighted by molar-refractivity contribution is -0.165. The second-order valence-electron chi connectivity index (χ2n) is 3.58. The summed E-state index contributed by atoms with van der Waals surface area (Å²) in [6, 6.07) is -1.37. The maximum Gasteiger partial charge on any atom is 0.397 e. The molecular weight excluding hydrogens is 231 g/mol. The van der Waals surface area contributed by atoms with Crippen LogP contribution in [0, 0.1) is 0 Å². The van der Waals surface area contributed by atoms with Crippen molar-refractivity contribution in [3.05, 3.63) is 0 Å². The molecule has 1 amide bonds. The van der Waals surface area contributed by atoms with Crippen molar-refractivity contribution in [2.75, 3.05) is 6.54 Å². The molecule has 2 atom stereocenters. The van der Waals surface area contributed by atoms with Crippen LogP contribution in [0.3, 0.4) is 0 Å². The van der Waals surface area contributed by atoms with Gasteiger partial charge in [-0.2, -0.15) is 13.2 Å². The first-order chi connectivity index (χ1) is 7.20. The van der Waals surface area contributed by atoms with Crippen LogP contribution in [0.1, 0.15) is 12.8 Å². The number of aliphatic hydroxyl groups is 1. The normalized spacial score (nSPS) is 25.9. The van der Waals surface area contributed by atoms with Crippen molar-refractivity contribution in [1.29, 1.82) is 0 Å². The molecule has 16 heavy (non-hydrogen) atoms. The minimum absolute atomic E-state index is 0.237. The first-order valence-corrected chi connectivity index (χ1v) is 4.48. The van der Waals surface area contributed by atoms with Crippen molar-refractivity contribution in [3.8, 4) is 0 Å². The van der Waals surface area contributed by atoms with Crippen LogP contribution in [-0.4, -0.2) is 51.9 Å². The minimum atomic E-state index is -4.67. The van der Waals surface area contributed by atoms with E-state index in [-0.39, 0.29) is 13.0 Å². The number of hydrogen-bond acceptors (Lipinski definition) is 3. The molecule has 0 spiro atoms. The van der Waals surface area contributed by atoms with Crippen LogP contribution < -0.4 is 0 Å². The van der Waals surface area contributed by atoms with Gasteiger partial charge in [0.1, 0.15) is 12.5 Å². The van der Waals surface area contributed by atoms with Gasteiger partial charge < -0.3 is 15.1 Å². The monoisotopic (exact) mass is 241 g/mol. The van der Waals surface area contributed by atoms with E-state index in [4.69, 9.17) is 10.2 Å². The summed E-state index contributed by atoms with van der Waals surface area (Å²) >= 11 is 0. The number of aliphatic carboxylic acids is 1. The average molecular weight is 241 g/mol. The molecule has 0 aromatic rings. The number of carboxylic acids is 1. The third-order valence-electron chi connectivity index (χ3n) is 2.24. The predicted molar refractivity (Wildman–Crippen MR) is 44.4 cm³/mol. The maximum absolute atomic E-state index is 11.9. The van der Waals surface area contributed by atoms with E-state index in [1.807, 2.05) is 0 Å². The van der Waals surface area contributed by atoms with Gasteiger partial charge in [-0.05, 0) is 0 Å². The van der Waals surface area contributed by atoms with Crippen LogP contribution in [-0.2, 0) is 9.59 Å². The van der Waals surface area contributed by atoms with E-state index in [0.29, 0.717) is 4.90 Å². The van der Waals surface area contributed by atoms with E-state index in [9.17, 15) is 22.8 Å². The van der Waals surface area contributed by atoms with Crippen molar-refractivity contribution in [1.82, 2.24) is 4.90 Å². The summed E-state index contributed by atoms with van der Waals surface area (Å²) in [5.74, 6) is -2.73. The lowest BCUT2D eigenvalue weighted by atomic mass is 10.2. The van der Waals surface area contributed by atoms with Crippen LogP contribution >= 0.6 is 0 Å². The second kappa shape index (κ2) is 4.28. The summed E-state index contributed by atoms with van der Waals surface area (Å²) in [5.41, 5.74) is 0. The van der Waals surface area contributed by atoms with E-state index in [1.54, 1.807) is 0 Å². The third kappa shape index (κ3) is 3.09. The number of carbonyl (C=O) groups excluding carboxylic acids is 1. The largest absolute Gasteiger partial charge is 0.480 e. The van der Waals surface area contributed by atoms with Crippen LogP contribution in [0.25, 0.3) is 0 Å². The summed E-state index contributed by atoms with van der Waals surface area (Å²) in [4.78, 5) is 22.4. The molecule has 1 heterocycles. The van der Waals surface area contributed by atoms with Crippen LogP contribution in [0.2, 0.25) is 0 Å². The Balaban J connectivity index is 2.71. The van der Waals surface area contributed by atoms with Crippen LogP contribution in [0.4, 0.5) is 13.2 Å². The standard InChI is InChI=1S/C8H10F3NO4/c9-8(10,11)2-6(14)12-3-4(13)1-5(12)7(15)16/h4-5,13H,1-3H2,(H,15,16). The van der Waals surface area contributed by atoms with E-state index < -0.39 is 36.6 Å². The number of hydrogen-bond donors (Lipinski definition) is 2. The number of β-amino-alcohol motifs (C(OH)–C–C–N with tert-alkyl or cyclic N) is 1. The first-order valence-electron chi connectivity index (χ1n) is 4.48. The van der Waals surface area contributed by atoms with Gasteiger partial charge >= 0.3 is 12.1 Å². The molecule has 1 rings (SSSR count). The molecule has 0 bridgehead atoms. The van der Waals surface area contributed by atoms with Crippen molar-refractivity contribution in [2.45, 2.75) is 31.2 Å². The zero-order chi connectivity index (χ0) is 12.5. The Morgan fingerprint density at radius 1 is 1.38 bits per heavy atom. The SMILES string of the molecule is O=C(O)C1CC(O)CN1C(=O)CC(F)(F)F. The Hall–Kier alpha value is -1.31. The number of aliphatic hydroxyl groups excluding tert-OH is 1. The number of amides is 1. The molecule has 2 N–H and O–H groups in total. The third-order valence-corrected chi connectivity index (χ3v) is 2.24. The van der Waals surface area contributed by atoms with Crippen molar-refractivity contribution in [2.24, 2.45) is 0 Å². The summed E-state index contributed by atoms with van der Waals surface area (Å²) in [7, 11) is 0. The second-order valence-corrected chi connectivity index (χ2v) is 3.58. The van der Waals surface area contributed by atoms with Gasteiger partial charge in [-0.3, -0.25) is 4.79 Å². The molecule has 1 aliphatic heterocycles. The lowest BCUT2D eigenvalue weighted by Gasteiger charge is -2.21. The zero-order valence-electron chi connectivity index (χ0n) is 8.07. The van der Waals surface area contributed by atoms with E-state index >= 15 is 0 Å². The molecule has 92 valence electrons. The highest BCUT2D eigenvalue weighted by Crippen LogP contribution is 2.25. The predicted octanol–water partition coefficient (Wildman–Crippen LogP) is -0.0148. The Kier molecular flexibility index (Phi) is 3.41. The topological polar surface area (TPSA) is 77.8 Å². The molecule has 2 unspecified atom stereocenters. The van der Waals surface area contributed by atoms with Crippen LogP contribution in [0.15, 0.2) is 0 Å². The van der Waals surface area contributed by atoms with Crippen molar-refractivity contribution in [3.63, 3.8) is 0 Å². The van der Waals surface area contributed by atoms with E-state index in [1.165, 1.54) is 0 Å². The summed E-state index contributed by atoms with van der Waals surface area (Å²) in [6.07, 6.45) is -7.70. The molecule has 8 heteroatoms. The highest BCUT2D eigenvalue weighted by Gasteiger charge is 2.42. The smallest absolute Gasteiger partial charge is 0.397 e. The number of carbonyl (C=O) groups is 2. The first kappa shape index (κ1) is 12.8. The Morgan fingerprint density at radius 3 is 2.38 bits per heavy atom. The van der Waals surface area contributed by atoms with Crippen molar-refractivity contribution < 1.29 is 33.0 Å². The molecule has 1 fully saturated rings. The molecule has 0 aromatic heterocycles. The Labute approximate surface area is 88.5 Å². The van der Waals surface area contributed by atoms with Gasteiger partial charge in [-0.15, -0.1) is 0 Å². The number of alkyl halides is 3. The molecule has 1 aliphatic rings. The number of halogens is 3. The molecular formula is C8H10F3NO4. The molecule has 0 radical (unpaired) electrons. The minimum Gasteiger partial charge on any atom is -0.480 e. The number of nitrogens with zero attached hydrogens (tertiary/aromatic N) is 1. The van der Waals surface area contributed by atoms with Gasteiger partial charge in [0.25, 0.3) is 0 Å². The van der Waals surface area contributed by atoms with Crippen molar-refractivity contribution >= 4 is 11.9 Å². The highest BCUT2D eigenvalue weighted by atomic mass is 19.4. The fraction of sp³-hybridized carbons (Fsp3) is 0.750. The fourth-order valence-electron chi connectivity index (χ4n) is 1.60. The maximum atomic E-state index is 11.9. The number of rotatable bonds is 2. The summed E-state index contributed by atoms with van der Waals surface area (Å²) in [5, 5.41) is 17.8. The van der Waals surface area contributed by atoms with Gasteiger partial charge in [-0.25, -0.2) is 4.79 Å². The summed E-state index contributed by atoms with van der Waals surface area (Å²) < 4.78 is 35.8. The molecule has 0 aromatic carbocycles. The average Bonchev–Trinajstić information content (AvgIpc) is 2.44. The number of likely N-dealkylation sites (tertiary alicyclic amines) is 1. The highest BCUT2D eigenvalue weighted by molar-refractivity contribution is 5.84. The van der Waals surface area contributed by atoms with Gasteiger partial charge in [-0.1, -0.05) is 0 Å². The summed E-state index contributed by atoms with van der Waals surface area (Å²) in [6.45, 7) is -0.369. The molecule has 5 nitrogen and oxygen atoms in total. The van der Waals surface area contributed by atoms with Gasteiger partial charge in [0, 0.05) is 13.0 Å². The number of carboxylic acid groups (broad SMARTS) is 1. The lowest BCUT2D eigenvalue weighted by Crippen LogP contribution is -2.42. The zero-order valence-corrected chi connectivity index (χ0v) is 8.07. The fourth-order valence-corrected chi connectivity index (χ4v) is 1.60. The van der Waals surface area contributed by atoms with E-state index in [2.05, 4.69) is 0 Å². The molecule has 0 aliphatic carbocycles. The Morgan fingerprint density at radius 2 is 1.94 bits per heavy atom. The quantitative estimate of drug-likeness (QED) is 0.712. The van der Waals surface area contributed by atoms with Gasteiger partial charge in [0.2, 0.25) is 5.91 Å². The Bertz CT molecular complexity index is 304. The van der Waals surface area contributed by atoms with Crippen LogP contribution in [0.5, 0.6) is 0 Å².